The molecule has 0 aliphatic rings. The van der Waals surface area contributed by atoms with Crippen LogP contribution < -0.4 is 0 Å². The molecular weight excluding hydrogens is 308 g/mol. The molecule has 0 saturated heterocycles. The summed E-state index contributed by atoms with van der Waals surface area (Å²) in [6, 6.07) is 6.71. The molecule has 0 aliphatic heterocycles. The number of sulfonamides is 1. The molecule has 0 spiro atoms. The topological polar surface area (TPSA) is 67.6 Å². The number of imidazole rings is 1. The van der Waals surface area contributed by atoms with Crippen molar-refractivity contribution in [2.45, 2.75) is 11.8 Å². The summed E-state index contributed by atoms with van der Waals surface area (Å²) >= 11 is 1.52. The van der Waals surface area contributed by atoms with Crippen LogP contribution in [0.2, 0.25) is 0 Å². The second-order valence-corrected chi connectivity index (χ2v) is 8.10. The van der Waals surface area contributed by atoms with E-state index in [2.05, 4.69) is 10.1 Å². The average molecular weight is 322 g/mol. The van der Waals surface area contributed by atoms with Gasteiger partial charge in [-0.15, -0.1) is 0 Å². The number of rotatable bonds is 3. The number of fused-ring (bicyclic) bond motifs is 1. The Morgan fingerprint density at radius 3 is 2.43 bits per heavy atom. The predicted molar refractivity (Wildman–Crippen MR) is 81.9 cm³/mol. The Balaban J connectivity index is 1.98. The van der Waals surface area contributed by atoms with E-state index in [1.807, 2.05) is 13.1 Å². The zero-order valence-electron chi connectivity index (χ0n) is 11.8. The Bertz CT molecular complexity index is 861. The van der Waals surface area contributed by atoms with E-state index in [1.54, 1.807) is 28.8 Å². The SMILES string of the molecule is Cc1nn2cc(-c3ccc(S(=O)(=O)N(C)C)cc3)nc2s1. The Morgan fingerprint density at radius 1 is 1.19 bits per heavy atom. The monoisotopic (exact) mass is 322 g/mol. The number of hydrogen-bond acceptors (Lipinski definition) is 5. The normalized spacial score (nSPS) is 12.4. The van der Waals surface area contributed by atoms with Gasteiger partial charge in [-0.3, -0.25) is 0 Å². The third kappa shape index (κ3) is 2.45. The van der Waals surface area contributed by atoms with E-state index in [9.17, 15) is 8.42 Å². The maximum atomic E-state index is 12.0. The molecule has 0 amide bonds. The lowest BCUT2D eigenvalue weighted by molar-refractivity contribution is 0.521. The minimum Gasteiger partial charge on any atom is -0.217 e. The largest absolute Gasteiger partial charge is 0.242 e. The van der Waals surface area contributed by atoms with Crippen LogP contribution in [0.4, 0.5) is 0 Å². The van der Waals surface area contributed by atoms with Gasteiger partial charge >= 0.3 is 0 Å². The predicted octanol–water partition coefficient (Wildman–Crippen LogP) is 2.02. The Labute approximate surface area is 126 Å². The maximum absolute atomic E-state index is 12.0. The van der Waals surface area contributed by atoms with Gasteiger partial charge in [0.15, 0.2) is 0 Å². The fourth-order valence-electron chi connectivity index (χ4n) is 1.95. The van der Waals surface area contributed by atoms with Gasteiger partial charge in [0.25, 0.3) is 0 Å². The van der Waals surface area contributed by atoms with Crippen molar-refractivity contribution in [2.24, 2.45) is 0 Å². The van der Waals surface area contributed by atoms with Crippen molar-refractivity contribution in [2.75, 3.05) is 14.1 Å². The Kier molecular flexibility index (Phi) is 3.31. The zero-order valence-corrected chi connectivity index (χ0v) is 13.4. The molecule has 0 unspecified atom stereocenters. The first kappa shape index (κ1) is 14.2. The summed E-state index contributed by atoms with van der Waals surface area (Å²) in [4.78, 5) is 5.59. The van der Waals surface area contributed by atoms with Gasteiger partial charge in [0.2, 0.25) is 15.0 Å². The summed E-state index contributed by atoms with van der Waals surface area (Å²) in [5.74, 6) is 0. The first-order valence-electron chi connectivity index (χ1n) is 6.24. The second kappa shape index (κ2) is 4.90. The van der Waals surface area contributed by atoms with Crippen LogP contribution in [0.1, 0.15) is 5.01 Å². The van der Waals surface area contributed by atoms with Gasteiger partial charge in [-0.25, -0.2) is 22.2 Å². The lowest BCUT2D eigenvalue weighted by atomic mass is 10.2. The lowest BCUT2D eigenvalue weighted by Crippen LogP contribution is -2.22. The Morgan fingerprint density at radius 2 is 1.86 bits per heavy atom. The summed E-state index contributed by atoms with van der Waals surface area (Å²) in [5, 5.41) is 5.26. The van der Waals surface area contributed by atoms with Crippen LogP contribution in [0.3, 0.4) is 0 Å². The standard InChI is InChI=1S/C13H14N4O2S2/c1-9-15-17-8-12(14-13(17)20-9)10-4-6-11(7-5-10)21(18,19)16(2)3/h4-8H,1-3H3. The number of nitrogens with zero attached hydrogens (tertiary/aromatic N) is 4. The highest BCUT2D eigenvalue weighted by molar-refractivity contribution is 7.89. The van der Waals surface area contributed by atoms with Crippen LogP contribution >= 0.6 is 11.3 Å². The van der Waals surface area contributed by atoms with Crippen LogP contribution in [-0.2, 0) is 10.0 Å². The van der Waals surface area contributed by atoms with Crippen molar-refractivity contribution in [3.8, 4) is 11.3 Å². The Hall–Kier alpha value is -1.77. The molecule has 0 N–H and O–H groups in total. The van der Waals surface area contributed by atoms with Gasteiger partial charge in [0.1, 0.15) is 5.01 Å². The molecule has 6 nitrogen and oxygen atoms in total. The summed E-state index contributed by atoms with van der Waals surface area (Å²) in [6.07, 6.45) is 1.84. The van der Waals surface area contributed by atoms with Crippen LogP contribution in [0.15, 0.2) is 35.4 Å². The van der Waals surface area contributed by atoms with Gasteiger partial charge in [0.05, 0.1) is 16.8 Å². The molecule has 0 saturated carbocycles. The first-order valence-corrected chi connectivity index (χ1v) is 8.49. The van der Waals surface area contributed by atoms with Crippen LogP contribution in [0, 0.1) is 6.92 Å². The highest BCUT2D eigenvalue weighted by Gasteiger charge is 2.17. The van der Waals surface area contributed by atoms with Crippen LogP contribution in [-0.4, -0.2) is 41.4 Å². The van der Waals surface area contributed by atoms with Crippen molar-refractivity contribution in [3.63, 3.8) is 0 Å². The third-order valence-corrected chi connectivity index (χ3v) is 5.74. The van der Waals surface area contributed by atoms with Crippen molar-refractivity contribution in [1.82, 2.24) is 18.9 Å². The summed E-state index contributed by atoms with van der Waals surface area (Å²) in [7, 11) is -0.369. The summed E-state index contributed by atoms with van der Waals surface area (Å²) < 4.78 is 27.0. The van der Waals surface area contributed by atoms with Gasteiger partial charge < -0.3 is 0 Å². The smallest absolute Gasteiger partial charge is 0.217 e. The number of aromatic nitrogens is 3. The van der Waals surface area contributed by atoms with Crippen LogP contribution in [0.25, 0.3) is 16.2 Å². The molecule has 21 heavy (non-hydrogen) atoms. The highest BCUT2D eigenvalue weighted by Crippen LogP contribution is 2.23. The van der Waals surface area contributed by atoms with E-state index in [4.69, 9.17) is 0 Å². The molecule has 0 radical (unpaired) electrons. The maximum Gasteiger partial charge on any atom is 0.242 e. The van der Waals surface area contributed by atoms with E-state index in [-0.39, 0.29) is 4.90 Å². The summed E-state index contributed by atoms with van der Waals surface area (Å²) in [6.45, 7) is 1.93. The van der Waals surface area contributed by atoms with E-state index in [0.717, 1.165) is 21.2 Å². The highest BCUT2D eigenvalue weighted by atomic mass is 32.2. The molecule has 110 valence electrons. The molecular formula is C13H14N4O2S2. The number of hydrogen-bond donors (Lipinski definition) is 0. The minimum atomic E-state index is -3.40. The average Bonchev–Trinajstić information content (AvgIpc) is 2.95. The molecule has 8 heteroatoms. The zero-order chi connectivity index (χ0) is 15.2. The van der Waals surface area contributed by atoms with Crippen LogP contribution in [0.5, 0.6) is 0 Å². The van der Waals surface area contributed by atoms with Crippen molar-refractivity contribution in [1.29, 1.82) is 0 Å². The molecule has 3 rings (SSSR count). The van der Waals surface area contributed by atoms with Gasteiger partial charge in [-0.05, 0) is 19.1 Å². The number of benzene rings is 1. The number of aryl methyl sites for hydroxylation is 1. The molecule has 0 bridgehead atoms. The molecule has 0 fully saturated rings. The lowest BCUT2D eigenvalue weighted by Gasteiger charge is -2.11. The quantitative estimate of drug-likeness (QED) is 0.740. The first-order chi connectivity index (χ1) is 9.88. The minimum absolute atomic E-state index is 0.270. The fraction of sp³-hybridized carbons (Fsp3) is 0.231. The third-order valence-electron chi connectivity index (χ3n) is 3.07. The summed E-state index contributed by atoms with van der Waals surface area (Å²) in [5.41, 5.74) is 1.64. The van der Waals surface area contributed by atoms with E-state index in [0.29, 0.717) is 0 Å². The molecule has 2 heterocycles. The van der Waals surface area contributed by atoms with Gasteiger partial charge in [-0.2, -0.15) is 5.10 Å². The fourth-order valence-corrected chi connectivity index (χ4v) is 3.57. The molecule has 0 aliphatic carbocycles. The van der Waals surface area contributed by atoms with Crippen molar-refractivity contribution < 1.29 is 8.42 Å². The second-order valence-electron chi connectivity index (χ2n) is 4.79. The molecule has 3 aromatic rings. The molecule has 2 aromatic heterocycles. The van der Waals surface area contributed by atoms with Gasteiger partial charge in [-0.1, -0.05) is 23.5 Å². The van der Waals surface area contributed by atoms with E-state index < -0.39 is 10.0 Å². The van der Waals surface area contributed by atoms with Gasteiger partial charge in [0, 0.05) is 19.7 Å². The molecule has 0 atom stereocenters. The molecule has 1 aromatic carbocycles. The van der Waals surface area contributed by atoms with Crippen molar-refractivity contribution >= 4 is 26.3 Å². The van der Waals surface area contributed by atoms with E-state index in [1.165, 1.54) is 29.7 Å². The van der Waals surface area contributed by atoms with E-state index >= 15 is 0 Å². The van der Waals surface area contributed by atoms with Crippen molar-refractivity contribution in [3.05, 3.63) is 35.5 Å².